The Morgan fingerprint density at radius 3 is 1.91 bits per heavy atom. The van der Waals surface area contributed by atoms with Gasteiger partial charge in [0.25, 0.3) is 0 Å². The van der Waals surface area contributed by atoms with Crippen LogP contribution < -0.4 is 4.90 Å². The molecule has 0 aliphatic heterocycles. The van der Waals surface area contributed by atoms with Gasteiger partial charge >= 0.3 is 0 Å². The van der Waals surface area contributed by atoms with Crippen LogP contribution >= 0.6 is 0 Å². The van der Waals surface area contributed by atoms with Gasteiger partial charge in [-0.15, -0.1) is 19.7 Å². The predicted molar refractivity (Wildman–Crippen MR) is 103 cm³/mol. The van der Waals surface area contributed by atoms with Gasteiger partial charge in [-0.05, 0) is 25.0 Å². The lowest BCUT2D eigenvalue weighted by atomic mass is 10.1. The Bertz CT molecular complexity index is 370. The average Bonchev–Trinajstić information content (AvgIpc) is 2.56. The van der Waals surface area contributed by atoms with Gasteiger partial charge in [0.05, 0.1) is 0 Å². The highest BCUT2D eigenvalue weighted by molar-refractivity contribution is 5.47. The summed E-state index contributed by atoms with van der Waals surface area (Å²) in [6, 6.07) is 10.3. The van der Waals surface area contributed by atoms with Crippen LogP contribution in [0.3, 0.4) is 0 Å². The van der Waals surface area contributed by atoms with Crippen LogP contribution in [0.25, 0.3) is 0 Å². The van der Waals surface area contributed by atoms with Gasteiger partial charge in [0.2, 0.25) is 0 Å². The quantitative estimate of drug-likeness (QED) is 0.337. The third-order valence-electron chi connectivity index (χ3n) is 3.33. The Kier molecular flexibility index (Phi) is 14.4. The second kappa shape index (κ2) is 15.6. The number of rotatable bonds is 11. The lowest BCUT2D eigenvalue weighted by molar-refractivity contribution is 0.638. The summed E-state index contributed by atoms with van der Waals surface area (Å²) in [5.74, 6) is 0. The first-order valence-corrected chi connectivity index (χ1v) is 8.42. The molecule has 0 radical (unpaired) electrons. The molecular formula is C21H33N. The van der Waals surface area contributed by atoms with E-state index < -0.39 is 0 Å². The number of benzene rings is 1. The van der Waals surface area contributed by atoms with Crippen LogP contribution in [0.15, 0.2) is 68.3 Å². The third kappa shape index (κ3) is 11.0. The molecule has 0 aromatic heterocycles. The number of unbranched alkanes of at least 4 members (excludes halogenated alkanes) is 5. The Labute approximate surface area is 138 Å². The average molecular weight is 300 g/mol. The van der Waals surface area contributed by atoms with E-state index in [-0.39, 0.29) is 0 Å². The van der Waals surface area contributed by atoms with Gasteiger partial charge in [0.15, 0.2) is 0 Å². The fourth-order valence-corrected chi connectivity index (χ4v) is 2.13. The molecule has 0 fully saturated rings. The van der Waals surface area contributed by atoms with Crippen molar-refractivity contribution in [2.75, 3.05) is 18.0 Å². The smallest absolute Gasteiger partial charge is 0.0371 e. The number of nitrogens with zero attached hydrogens (tertiary/aromatic N) is 1. The maximum atomic E-state index is 3.73. The zero-order valence-electron chi connectivity index (χ0n) is 14.3. The molecule has 0 heterocycles. The SMILES string of the molecule is C=CCCCCCCC.C=CCN(CC=C)c1ccccc1. The van der Waals surface area contributed by atoms with E-state index in [0.29, 0.717) is 0 Å². The van der Waals surface area contributed by atoms with Crippen LogP contribution in [0.2, 0.25) is 0 Å². The van der Waals surface area contributed by atoms with E-state index in [1.807, 2.05) is 36.4 Å². The van der Waals surface area contributed by atoms with E-state index in [9.17, 15) is 0 Å². The molecule has 0 saturated heterocycles. The van der Waals surface area contributed by atoms with E-state index in [1.165, 1.54) is 44.2 Å². The summed E-state index contributed by atoms with van der Waals surface area (Å²) in [7, 11) is 0. The highest BCUT2D eigenvalue weighted by Crippen LogP contribution is 2.12. The first-order valence-electron chi connectivity index (χ1n) is 8.42. The lowest BCUT2D eigenvalue weighted by Crippen LogP contribution is -2.22. The maximum Gasteiger partial charge on any atom is 0.0371 e. The molecule has 1 rings (SSSR count). The fraction of sp³-hybridized carbons (Fsp3) is 0.429. The first-order chi connectivity index (χ1) is 10.8. The summed E-state index contributed by atoms with van der Waals surface area (Å²) in [4.78, 5) is 2.21. The summed E-state index contributed by atoms with van der Waals surface area (Å²) in [6.45, 7) is 15.1. The minimum absolute atomic E-state index is 0.857. The highest BCUT2D eigenvalue weighted by Gasteiger charge is 1.99. The van der Waals surface area contributed by atoms with E-state index in [4.69, 9.17) is 0 Å². The summed E-state index contributed by atoms with van der Waals surface area (Å²) in [5.41, 5.74) is 1.21. The maximum absolute atomic E-state index is 3.73. The zero-order valence-corrected chi connectivity index (χ0v) is 14.3. The molecule has 0 atom stereocenters. The van der Waals surface area contributed by atoms with E-state index in [2.05, 4.69) is 43.7 Å². The van der Waals surface area contributed by atoms with Gasteiger partial charge in [-0.2, -0.15) is 0 Å². The van der Waals surface area contributed by atoms with Crippen LogP contribution in [0.5, 0.6) is 0 Å². The number of hydrogen-bond donors (Lipinski definition) is 0. The molecule has 1 aromatic rings. The molecule has 1 aromatic carbocycles. The van der Waals surface area contributed by atoms with Crippen molar-refractivity contribution in [1.29, 1.82) is 0 Å². The van der Waals surface area contributed by atoms with Gasteiger partial charge in [-0.1, -0.05) is 69.0 Å². The second-order valence-electron chi connectivity index (χ2n) is 5.31. The van der Waals surface area contributed by atoms with Crippen molar-refractivity contribution < 1.29 is 0 Å². The largest absolute Gasteiger partial charge is 0.364 e. The summed E-state index contributed by atoms with van der Waals surface area (Å²) in [6.07, 6.45) is 13.9. The molecule has 0 unspecified atom stereocenters. The lowest BCUT2D eigenvalue weighted by Gasteiger charge is -2.21. The molecule has 122 valence electrons. The number of para-hydroxylation sites is 1. The van der Waals surface area contributed by atoms with Crippen molar-refractivity contribution in [3.63, 3.8) is 0 Å². The second-order valence-corrected chi connectivity index (χ2v) is 5.31. The first kappa shape index (κ1) is 20.2. The predicted octanol–water partition coefficient (Wildman–Crippen LogP) is 6.40. The van der Waals surface area contributed by atoms with Gasteiger partial charge in [-0.25, -0.2) is 0 Å². The zero-order chi connectivity index (χ0) is 16.5. The Balaban J connectivity index is 0.000000433. The fourth-order valence-electron chi connectivity index (χ4n) is 2.13. The van der Waals surface area contributed by atoms with Gasteiger partial charge in [0, 0.05) is 18.8 Å². The van der Waals surface area contributed by atoms with Crippen molar-refractivity contribution in [2.24, 2.45) is 0 Å². The molecule has 0 aliphatic carbocycles. The monoisotopic (exact) mass is 299 g/mol. The Hall–Kier alpha value is -1.76. The topological polar surface area (TPSA) is 3.24 Å². The molecule has 0 bridgehead atoms. The Morgan fingerprint density at radius 2 is 1.41 bits per heavy atom. The molecule has 0 saturated carbocycles. The molecule has 1 heteroatoms. The summed E-state index contributed by atoms with van der Waals surface area (Å²) < 4.78 is 0. The van der Waals surface area contributed by atoms with Crippen LogP contribution in [0.1, 0.15) is 45.4 Å². The minimum Gasteiger partial charge on any atom is -0.364 e. The third-order valence-corrected chi connectivity index (χ3v) is 3.33. The standard InChI is InChI=1S/C12H15N.C9H18/c1-3-10-13(11-4-2)12-8-6-5-7-9-12;1-3-5-7-9-8-6-4-2/h3-9H,1-2,10-11H2;3H,1,4-9H2,2H3. The molecular weight excluding hydrogens is 266 g/mol. The van der Waals surface area contributed by atoms with E-state index >= 15 is 0 Å². The van der Waals surface area contributed by atoms with Crippen LogP contribution in [-0.2, 0) is 0 Å². The number of allylic oxidation sites excluding steroid dienone is 1. The number of anilines is 1. The van der Waals surface area contributed by atoms with E-state index in [1.54, 1.807) is 0 Å². The van der Waals surface area contributed by atoms with Gasteiger partial charge in [0.1, 0.15) is 0 Å². The normalized spacial score (nSPS) is 9.32. The van der Waals surface area contributed by atoms with Crippen LogP contribution in [0, 0.1) is 0 Å². The molecule has 22 heavy (non-hydrogen) atoms. The van der Waals surface area contributed by atoms with Gasteiger partial charge in [-0.3, -0.25) is 0 Å². The van der Waals surface area contributed by atoms with Crippen molar-refractivity contribution in [2.45, 2.75) is 45.4 Å². The van der Waals surface area contributed by atoms with Crippen LogP contribution in [-0.4, -0.2) is 13.1 Å². The van der Waals surface area contributed by atoms with E-state index in [0.717, 1.165) is 13.1 Å². The summed E-state index contributed by atoms with van der Waals surface area (Å²) >= 11 is 0. The number of hydrogen-bond acceptors (Lipinski definition) is 1. The van der Waals surface area contributed by atoms with Crippen molar-refractivity contribution in [3.8, 4) is 0 Å². The van der Waals surface area contributed by atoms with Crippen LogP contribution in [0.4, 0.5) is 5.69 Å². The molecule has 0 spiro atoms. The van der Waals surface area contributed by atoms with Gasteiger partial charge < -0.3 is 4.90 Å². The Morgan fingerprint density at radius 1 is 0.818 bits per heavy atom. The van der Waals surface area contributed by atoms with Crippen molar-refractivity contribution in [1.82, 2.24) is 0 Å². The minimum atomic E-state index is 0.857. The van der Waals surface area contributed by atoms with Crippen molar-refractivity contribution >= 4 is 5.69 Å². The highest BCUT2D eigenvalue weighted by atomic mass is 15.1. The molecule has 0 N–H and O–H groups in total. The molecule has 0 aliphatic rings. The molecule has 0 amide bonds. The summed E-state index contributed by atoms with van der Waals surface area (Å²) in [5, 5.41) is 0. The van der Waals surface area contributed by atoms with Crippen molar-refractivity contribution in [3.05, 3.63) is 68.3 Å². The molecule has 1 nitrogen and oxygen atoms in total.